The van der Waals surface area contributed by atoms with Crippen LogP contribution < -0.4 is 4.72 Å². The first-order valence-electron chi connectivity index (χ1n) is 10.8. The van der Waals surface area contributed by atoms with Gasteiger partial charge in [0.1, 0.15) is 11.6 Å². The number of rotatable bonds is 3. The van der Waals surface area contributed by atoms with Crippen molar-refractivity contribution in [3.63, 3.8) is 0 Å². The highest BCUT2D eigenvalue weighted by Gasteiger charge is 2.60. The maximum atomic E-state index is 16.0. The summed E-state index contributed by atoms with van der Waals surface area (Å²) in [5.74, 6) is -1.24. The number of fused-ring (bicyclic) bond motifs is 1. The summed E-state index contributed by atoms with van der Waals surface area (Å²) >= 11 is 0. The Kier molecular flexibility index (Phi) is 6.16. The molecule has 2 aliphatic heterocycles. The van der Waals surface area contributed by atoms with Crippen LogP contribution in [0.25, 0.3) is 11.1 Å². The van der Waals surface area contributed by atoms with E-state index in [1.807, 2.05) is 0 Å². The number of urea groups is 1. The van der Waals surface area contributed by atoms with E-state index in [1.165, 1.54) is 49.1 Å². The van der Waals surface area contributed by atoms with Crippen molar-refractivity contribution in [2.45, 2.75) is 31.1 Å². The van der Waals surface area contributed by atoms with Gasteiger partial charge in [0.2, 0.25) is 0 Å². The fourth-order valence-corrected chi connectivity index (χ4v) is 6.04. The zero-order valence-corrected chi connectivity index (χ0v) is 20.2. The van der Waals surface area contributed by atoms with Crippen LogP contribution in [0.2, 0.25) is 0 Å². The molecule has 2 aromatic carbocycles. The summed E-state index contributed by atoms with van der Waals surface area (Å²) < 4.78 is 74.5. The summed E-state index contributed by atoms with van der Waals surface area (Å²) in [4.78, 5) is 15.4. The Hall–Kier alpha value is -2.63. The minimum atomic E-state index is -3.97. The van der Waals surface area contributed by atoms with Gasteiger partial charge in [-0.05, 0) is 24.5 Å². The summed E-state index contributed by atoms with van der Waals surface area (Å²) in [6.07, 6.45) is -0.157. The summed E-state index contributed by atoms with van der Waals surface area (Å²) in [7, 11) is 0.292. The molecule has 2 aromatic rings. The monoisotopic (exact) mass is 496 g/mol. The molecule has 0 bridgehead atoms. The van der Waals surface area contributed by atoms with Crippen LogP contribution in [0.5, 0.6) is 0 Å². The van der Waals surface area contributed by atoms with Crippen LogP contribution in [-0.2, 0) is 16.6 Å². The molecule has 0 saturated carbocycles. The van der Waals surface area contributed by atoms with E-state index in [-0.39, 0.29) is 29.7 Å². The van der Waals surface area contributed by atoms with Crippen molar-refractivity contribution in [2.24, 2.45) is 0 Å². The summed E-state index contributed by atoms with van der Waals surface area (Å²) in [6, 6.07) is 6.39. The van der Waals surface area contributed by atoms with Gasteiger partial charge in [0.15, 0.2) is 5.67 Å². The van der Waals surface area contributed by atoms with Gasteiger partial charge in [-0.3, -0.25) is 0 Å². The van der Waals surface area contributed by atoms with Gasteiger partial charge >= 0.3 is 6.03 Å². The minimum absolute atomic E-state index is 0.0395. The molecule has 2 saturated heterocycles. The molecule has 34 heavy (non-hydrogen) atoms. The van der Waals surface area contributed by atoms with Crippen LogP contribution in [0.3, 0.4) is 0 Å². The van der Waals surface area contributed by atoms with E-state index >= 15 is 8.78 Å². The van der Waals surface area contributed by atoms with Crippen LogP contribution >= 0.6 is 0 Å². The van der Waals surface area contributed by atoms with E-state index in [9.17, 15) is 17.6 Å². The Labute approximate surface area is 197 Å². The van der Waals surface area contributed by atoms with Crippen LogP contribution in [0.4, 0.5) is 18.0 Å². The second-order valence-corrected chi connectivity index (χ2v) is 11.0. The first-order valence-corrected chi connectivity index (χ1v) is 12.2. The standard InChI is InChI=1S/C23H27F3N4O3S/c1-14-7-5-9-16(19(14)24)17-10-6-8-15(20(17)25)11-18-21-23(26,12-29(4)34(32,33)27-21)13-30(18)22(31)28(2)3/h5-10,18,21,27H,11-13H2,1-4H3/t18-,21+,23?/m0/s1. The van der Waals surface area contributed by atoms with Gasteiger partial charge in [0, 0.05) is 32.3 Å². The number of carbonyl (C=O) groups is 1. The quantitative estimate of drug-likeness (QED) is 0.710. The van der Waals surface area contributed by atoms with Gasteiger partial charge in [-0.1, -0.05) is 36.4 Å². The Morgan fingerprint density at radius 3 is 2.38 bits per heavy atom. The number of nitrogens with zero attached hydrogens (tertiary/aromatic N) is 3. The molecule has 2 heterocycles. The van der Waals surface area contributed by atoms with Gasteiger partial charge in [-0.15, -0.1) is 0 Å². The summed E-state index contributed by atoms with van der Waals surface area (Å²) in [5.41, 5.74) is -1.44. The number of amides is 2. The minimum Gasteiger partial charge on any atom is -0.331 e. The van der Waals surface area contributed by atoms with Crippen LogP contribution in [0.1, 0.15) is 11.1 Å². The number of aryl methyl sites for hydroxylation is 1. The molecule has 0 radical (unpaired) electrons. The number of halogens is 3. The molecule has 7 nitrogen and oxygen atoms in total. The topological polar surface area (TPSA) is 73.0 Å². The number of likely N-dealkylation sites (tertiary alicyclic amines) is 1. The summed E-state index contributed by atoms with van der Waals surface area (Å²) in [5, 5.41) is 0. The molecule has 11 heteroatoms. The molecule has 0 aromatic heterocycles. The highest BCUT2D eigenvalue weighted by atomic mass is 32.2. The SMILES string of the molecule is Cc1cccc(-c2cccc(C[C@H]3[C@H]4NS(=O)(=O)N(C)CC4(F)CN3C(=O)N(C)C)c2F)c1F. The maximum absolute atomic E-state index is 16.0. The Balaban J connectivity index is 1.76. The Bertz CT molecular complexity index is 1240. The van der Waals surface area contributed by atoms with Crippen molar-refractivity contribution in [3.8, 4) is 11.1 Å². The van der Waals surface area contributed by atoms with Crippen LogP contribution in [-0.4, -0.2) is 80.5 Å². The molecule has 1 unspecified atom stereocenters. The third kappa shape index (κ3) is 4.05. The third-order valence-corrected chi connectivity index (χ3v) is 8.07. The van der Waals surface area contributed by atoms with E-state index in [4.69, 9.17) is 0 Å². The summed E-state index contributed by atoms with van der Waals surface area (Å²) in [6.45, 7) is 0.800. The number of nitrogens with one attached hydrogen (secondary N) is 1. The molecule has 4 rings (SSSR count). The molecule has 3 atom stereocenters. The Morgan fingerprint density at radius 1 is 1.12 bits per heavy atom. The molecular formula is C23H27F3N4O3S. The third-order valence-electron chi connectivity index (χ3n) is 6.57. The van der Waals surface area contributed by atoms with Crippen molar-refractivity contribution >= 4 is 16.2 Å². The van der Waals surface area contributed by atoms with Gasteiger partial charge in [0.25, 0.3) is 10.2 Å². The van der Waals surface area contributed by atoms with E-state index in [0.29, 0.717) is 5.56 Å². The van der Waals surface area contributed by atoms with E-state index < -0.39 is 52.2 Å². The number of carbonyl (C=O) groups excluding carboxylic acids is 1. The highest BCUT2D eigenvalue weighted by molar-refractivity contribution is 7.87. The van der Waals surface area contributed by atoms with Gasteiger partial charge in [-0.2, -0.15) is 17.4 Å². The lowest BCUT2D eigenvalue weighted by Gasteiger charge is -2.38. The zero-order valence-electron chi connectivity index (χ0n) is 19.3. The largest absolute Gasteiger partial charge is 0.331 e. The number of benzene rings is 2. The first kappa shape index (κ1) is 24.5. The lowest BCUT2D eigenvalue weighted by molar-refractivity contribution is 0.106. The molecule has 0 aliphatic carbocycles. The molecule has 2 amide bonds. The zero-order chi connectivity index (χ0) is 25.0. The smallest absolute Gasteiger partial charge is 0.319 e. The van der Waals surface area contributed by atoms with Crippen molar-refractivity contribution in [1.82, 2.24) is 18.8 Å². The van der Waals surface area contributed by atoms with E-state index in [1.54, 1.807) is 25.1 Å². The van der Waals surface area contributed by atoms with Crippen molar-refractivity contribution in [1.29, 1.82) is 0 Å². The lowest BCUT2D eigenvalue weighted by Crippen LogP contribution is -2.65. The van der Waals surface area contributed by atoms with Gasteiger partial charge in [-0.25, -0.2) is 18.0 Å². The van der Waals surface area contributed by atoms with Gasteiger partial charge < -0.3 is 9.80 Å². The van der Waals surface area contributed by atoms with E-state index in [2.05, 4.69) is 4.72 Å². The van der Waals surface area contributed by atoms with Gasteiger partial charge in [0.05, 0.1) is 25.2 Å². The van der Waals surface area contributed by atoms with Crippen LogP contribution in [0.15, 0.2) is 36.4 Å². The average Bonchev–Trinajstić information content (AvgIpc) is 3.02. The normalized spacial score (nSPS) is 26.4. The fourth-order valence-electron chi connectivity index (χ4n) is 4.78. The lowest BCUT2D eigenvalue weighted by atomic mass is 9.91. The average molecular weight is 497 g/mol. The Morgan fingerprint density at radius 2 is 1.74 bits per heavy atom. The van der Waals surface area contributed by atoms with Crippen molar-refractivity contribution in [3.05, 3.63) is 59.2 Å². The highest BCUT2D eigenvalue weighted by Crippen LogP contribution is 2.38. The molecule has 0 spiro atoms. The number of hydrogen-bond acceptors (Lipinski definition) is 3. The molecule has 1 N–H and O–H groups in total. The van der Waals surface area contributed by atoms with Crippen molar-refractivity contribution in [2.75, 3.05) is 34.2 Å². The molecule has 184 valence electrons. The molecule has 2 fully saturated rings. The fraction of sp³-hybridized carbons (Fsp3) is 0.435. The molecular weight excluding hydrogens is 469 g/mol. The molecule has 2 aliphatic rings. The second-order valence-electron chi connectivity index (χ2n) is 9.18. The van der Waals surface area contributed by atoms with Crippen LogP contribution in [0, 0.1) is 18.6 Å². The second kappa shape index (κ2) is 8.54. The number of hydrogen-bond donors (Lipinski definition) is 1. The predicted octanol–water partition coefficient (Wildman–Crippen LogP) is 2.71. The van der Waals surface area contributed by atoms with E-state index in [0.717, 1.165) is 4.31 Å². The maximum Gasteiger partial charge on any atom is 0.319 e. The predicted molar refractivity (Wildman–Crippen MR) is 122 cm³/mol. The van der Waals surface area contributed by atoms with Crippen molar-refractivity contribution < 1.29 is 26.4 Å². The number of alkyl halides is 1. The first-order chi connectivity index (χ1) is 15.9.